The number of halogens is 1. The normalized spacial score (nSPS) is 20.7. The van der Waals surface area contributed by atoms with E-state index in [-0.39, 0.29) is 12.1 Å². The van der Waals surface area contributed by atoms with Crippen LogP contribution in [-0.4, -0.2) is 32.0 Å². The number of nitrogens with one attached hydrogen (secondary N) is 1. The lowest BCUT2D eigenvalue weighted by Crippen LogP contribution is -2.39. The van der Waals surface area contributed by atoms with E-state index >= 15 is 0 Å². The summed E-state index contributed by atoms with van der Waals surface area (Å²) in [6.07, 6.45) is 6.19. The van der Waals surface area contributed by atoms with E-state index < -0.39 is 0 Å². The predicted octanol–water partition coefficient (Wildman–Crippen LogP) is 3.45. The fourth-order valence-electron chi connectivity index (χ4n) is 3.61. The van der Waals surface area contributed by atoms with E-state index in [4.69, 9.17) is 21.3 Å². The highest BCUT2D eigenvalue weighted by Crippen LogP contribution is 2.28. The number of aromatic nitrogens is 4. The minimum Gasteiger partial charge on any atom is -0.372 e. The van der Waals surface area contributed by atoms with Crippen molar-refractivity contribution >= 4 is 22.6 Å². The Morgan fingerprint density at radius 1 is 1.38 bits per heavy atom. The number of ether oxygens (including phenoxy) is 1. The second-order valence-electron chi connectivity index (χ2n) is 6.77. The van der Waals surface area contributed by atoms with Crippen molar-refractivity contribution in [3.8, 4) is 0 Å². The summed E-state index contributed by atoms with van der Waals surface area (Å²) in [4.78, 5) is 4.74. The molecule has 7 heteroatoms. The highest BCUT2D eigenvalue weighted by molar-refractivity contribution is 6.31. The number of imidazole rings is 1. The maximum Gasteiger partial charge on any atom is 0.123 e. The molecule has 1 aliphatic heterocycles. The van der Waals surface area contributed by atoms with Crippen molar-refractivity contribution in [3.05, 3.63) is 47.0 Å². The molecular weight excluding hydrogens is 350 g/mol. The average Bonchev–Trinajstić information content (AvgIpc) is 3.25. The average molecular weight is 374 g/mol. The van der Waals surface area contributed by atoms with Gasteiger partial charge in [-0.05, 0) is 38.0 Å². The van der Waals surface area contributed by atoms with Crippen LogP contribution < -0.4 is 5.32 Å². The second-order valence-corrected chi connectivity index (χ2v) is 7.21. The molecule has 0 radical (unpaired) electrons. The van der Waals surface area contributed by atoms with Gasteiger partial charge in [-0.2, -0.15) is 5.10 Å². The third kappa shape index (κ3) is 3.37. The molecule has 0 spiro atoms. The van der Waals surface area contributed by atoms with E-state index in [1.807, 2.05) is 36.1 Å². The van der Waals surface area contributed by atoms with Crippen molar-refractivity contribution in [1.29, 1.82) is 0 Å². The first-order chi connectivity index (χ1) is 12.7. The van der Waals surface area contributed by atoms with Gasteiger partial charge >= 0.3 is 0 Å². The van der Waals surface area contributed by atoms with E-state index in [2.05, 4.69) is 28.1 Å². The number of rotatable bonds is 5. The predicted molar refractivity (Wildman–Crippen MR) is 102 cm³/mol. The van der Waals surface area contributed by atoms with Crippen LogP contribution in [0.25, 0.3) is 11.0 Å². The van der Waals surface area contributed by atoms with Crippen LogP contribution in [0.1, 0.15) is 37.3 Å². The topological polar surface area (TPSA) is 56.9 Å². The van der Waals surface area contributed by atoms with Gasteiger partial charge in [0, 0.05) is 43.0 Å². The Morgan fingerprint density at radius 2 is 2.27 bits per heavy atom. The zero-order valence-electron chi connectivity index (χ0n) is 15.2. The molecule has 1 saturated heterocycles. The molecule has 0 aliphatic carbocycles. The molecule has 0 bridgehead atoms. The Kier molecular flexibility index (Phi) is 4.98. The summed E-state index contributed by atoms with van der Waals surface area (Å²) in [7, 11) is 2.03. The lowest BCUT2D eigenvalue weighted by atomic mass is 9.98. The molecule has 3 heterocycles. The molecule has 0 unspecified atom stereocenters. The van der Waals surface area contributed by atoms with Crippen molar-refractivity contribution in [2.24, 2.45) is 7.05 Å². The van der Waals surface area contributed by atoms with Crippen molar-refractivity contribution in [3.63, 3.8) is 0 Å². The molecule has 138 valence electrons. The Hall–Kier alpha value is -1.89. The maximum absolute atomic E-state index is 6.12. The van der Waals surface area contributed by atoms with Crippen LogP contribution in [0.4, 0.5) is 0 Å². The van der Waals surface area contributed by atoms with Gasteiger partial charge in [0.25, 0.3) is 0 Å². The van der Waals surface area contributed by atoms with Gasteiger partial charge in [-0.1, -0.05) is 11.6 Å². The standard InChI is InChI=1S/C19H24ClN5O/c1-3-25-12-13(10-22-25)19-16(5-4-8-26-19)21-11-18-23-15-7-6-14(20)9-17(15)24(18)2/h6-7,9-10,12,16,19,21H,3-5,8,11H2,1-2H3/t16-,19+/m0/s1. The lowest BCUT2D eigenvalue weighted by Gasteiger charge is -2.32. The fourth-order valence-corrected chi connectivity index (χ4v) is 3.78. The minimum atomic E-state index is 0.0354. The van der Waals surface area contributed by atoms with Crippen LogP contribution in [0.15, 0.2) is 30.6 Å². The van der Waals surface area contributed by atoms with Crippen LogP contribution in [0.3, 0.4) is 0 Å². The SMILES string of the molecule is CCn1cc([C@H]2OCCC[C@@H]2NCc2nc3ccc(Cl)cc3n2C)cn1. The zero-order chi connectivity index (χ0) is 18.1. The molecule has 26 heavy (non-hydrogen) atoms. The van der Waals surface area contributed by atoms with E-state index in [0.29, 0.717) is 6.54 Å². The van der Waals surface area contributed by atoms with Crippen molar-refractivity contribution in [2.45, 2.75) is 45.0 Å². The zero-order valence-corrected chi connectivity index (χ0v) is 15.9. The van der Waals surface area contributed by atoms with E-state index in [1.54, 1.807) is 0 Å². The summed E-state index contributed by atoms with van der Waals surface area (Å²) in [5, 5.41) is 8.78. The van der Waals surface area contributed by atoms with E-state index in [9.17, 15) is 0 Å². The molecule has 1 aliphatic rings. The number of aryl methyl sites for hydroxylation is 2. The molecule has 6 nitrogen and oxygen atoms in total. The highest BCUT2D eigenvalue weighted by atomic mass is 35.5. The molecule has 1 N–H and O–H groups in total. The first-order valence-corrected chi connectivity index (χ1v) is 9.51. The van der Waals surface area contributed by atoms with Gasteiger partial charge < -0.3 is 14.6 Å². The second kappa shape index (κ2) is 7.39. The van der Waals surface area contributed by atoms with Crippen LogP contribution in [-0.2, 0) is 24.9 Å². The van der Waals surface area contributed by atoms with Crippen molar-refractivity contribution in [2.75, 3.05) is 6.61 Å². The van der Waals surface area contributed by atoms with Crippen LogP contribution >= 0.6 is 11.6 Å². The molecule has 1 fully saturated rings. The largest absolute Gasteiger partial charge is 0.372 e. The maximum atomic E-state index is 6.12. The third-order valence-corrected chi connectivity index (χ3v) is 5.32. The molecule has 2 aromatic heterocycles. The molecule has 0 saturated carbocycles. The van der Waals surface area contributed by atoms with Crippen LogP contribution in [0.2, 0.25) is 5.02 Å². The monoisotopic (exact) mass is 373 g/mol. The van der Waals surface area contributed by atoms with Crippen LogP contribution in [0, 0.1) is 0 Å². The highest BCUT2D eigenvalue weighted by Gasteiger charge is 2.28. The summed E-state index contributed by atoms with van der Waals surface area (Å²) >= 11 is 6.12. The van der Waals surface area contributed by atoms with Gasteiger partial charge in [0.2, 0.25) is 0 Å². The molecular formula is C19H24ClN5O. The Bertz CT molecular complexity index is 903. The van der Waals surface area contributed by atoms with E-state index in [0.717, 1.165) is 53.4 Å². The van der Waals surface area contributed by atoms with Gasteiger partial charge in [0.15, 0.2) is 0 Å². The molecule has 4 rings (SSSR count). The van der Waals surface area contributed by atoms with Crippen molar-refractivity contribution < 1.29 is 4.74 Å². The number of benzene rings is 1. The number of hydrogen-bond donors (Lipinski definition) is 1. The minimum absolute atomic E-state index is 0.0354. The van der Waals surface area contributed by atoms with Gasteiger partial charge in [-0.3, -0.25) is 4.68 Å². The Morgan fingerprint density at radius 3 is 3.08 bits per heavy atom. The molecule has 0 amide bonds. The van der Waals surface area contributed by atoms with Gasteiger partial charge in [0.05, 0.1) is 23.8 Å². The molecule has 1 aromatic carbocycles. The van der Waals surface area contributed by atoms with Crippen LogP contribution in [0.5, 0.6) is 0 Å². The quantitative estimate of drug-likeness (QED) is 0.744. The summed E-state index contributed by atoms with van der Waals surface area (Å²) in [6.45, 7) is 4.44. The van der Waals surface area contributed by atoms with Crippen molar-refractivity contribution in [1.82, 2.24) is 24.6 Å². The van der Waals surface area contributed by atoms with Gasteiger partial charge in [-0.25, -0.2) is 4.98 Å². The Balaban J connectivity index is 1.51. The summed E-state index contributed by atoms with van der Waals surface area (Å²) in [5.41, 5.74) is 3.16. The van der Waals surface area contributed by atoms with Gasteiger partial charge in [-0.15, -0.1) is 0 Å². The Labute approximate surface area is 158 Å². The number of fused-ring (bicyclic) bond motifs is 1. The van der Waals surface area contributed by atoms with E-state index in [1.165, 1.54) is 0 Å². The summed E-state index contributed by atoms with van der Waals surface area (Å²) in [6, 6.07) is 6.05. The third-order valence-electron chi connectivity index (χ3n) is 5.09. The number of hydrogen-bond acceptors (Lipinski definition) is 4. The van der Waals surface area contributed by atoms with Gasteiger partial charge in [0.1, 0.15) is 11.9 Å². The summed E-state index contributed by atoms with van der Waals surface area (Å²) < 4.78 is 10.1. The smallest absolute Gasteiger partial charge is 0.123 e. The fraction of sp³-hybridized carbons (Fsp3) is 0.474. The first kappa shape index (κ1) is 17.5. The first-order valence-electron chi connectivity index (χ1n) is 9.14. The molecule has 2 atom stereocenters. The molecule has 3 aromatic rings. The summed E-state index contributed by atoms with van der Waals surface area (Å²) in [5.74, 6) is 0.996. The number of nitrogens with zero attached hydrogens (tertiary/aromatic N) is 4. The lowest BCUT2D eigenvalue weighted by molar-refractivity contribution is -0.0114.